The van der Waals surface area contributed by atoms with Gasteiger partial charge in [0.05, 0.1) is 10.6 Å². The van der Waals surface area contributed by atoms with Crippen LogP contribution in [-0.4, -0.2) is 9.55 Å². The van der Waals surface area contributed by atoms with Crippen molar-refractivity contribution in [1.29, 1.82) is 0 Å². The van der Waals surface area contributed by atoms with Crippen LogP contribution in [0.5, 0.6) is 0 Å². The van der Waals surface area contributed by atoms with E-state index in [0.29, 0.717) is 11.1 Å². The molecule has 1 aromatic carbocycles. The Morgan fingerprint density at radius 2 is 1.83 bits per heavy atom. The van der Waals surface area contributed by atoms with Crippen molar-refractivity contribution in [3.63, 3.8) is 0 Å². The monoisotopic (exact) mass is 280 g/mol. The predicted molar refractivity (Wildman–Crippen MR) is 73.4 cm³/mol. The molecule has 4 nitrogen and oxygen atoms in total. The van der Waals surface area contributed by atoms with Crippen LogP contribution < -0.4 is 10.9 Å². The molecule has 18 heavy (non-hydrogen) atoms. The maximum atomic E-state index is 11.7. The van der Waals surface area contributed by atoms with Crippen LogP contribution in [0.4, 0.5) is 0 Å². The summed E-state index contributed by atoms with van der Waals surface area (Å²) in [6.07, 6.45) is 0. The van der Waals surface area contributed by atoms with Gasteiger partial charge in [-0.25, -0.2) is 4.98 Å². The average Bonchev–Trinajstić information content (AvgIpc) is 2.82. The lowest BCUT2D eigenvalue weighted by Crippen LogP contribution is -2.33. The Balaban J connectivity index is 2.47. The summed E-state index contributed by atoms with van der Waals surface area (Å²) < 4.78 is 1.97. The summed E-state index contributed by atoms with van der Waals surface area (Å²) in [6.45, 7) is 3.81. The maximum absolute atomic E-state index is 11.7. The molecule has 6 heteroatoms. The second-order valence-corrected chi connectivity index (χ2v) is 5.81. The van der Waals surface area contributed by atoms with Crippen molar-refractivity contribution in [3.05, 3.63) is 36.2 Å². The lowest BCUT2D eigenvalue weighted by Gasteiger charge is -2.05. The number of halogens is 1. The lowest BCUT2D eigenvalue weighted by atomic mass is 10.0. The number of thiazole rings is 1. The molecular formula is C12H9ClN2O2S. The quantitative estimate of drug-likeness (QED) is 0.642. The van der Waals surface area contributed by atoms with Crippen LogP contribution in [0.2, 0.25) is 5.02 Å². The number of fused-ring (bicyclic) bond motifs is 1. The van der Waals surface area contributed by atoms with Gasteiger partial charge >= 0.3 is 0 Å². The number of hydrogen-bond acceptors (Lipinski definition) is 4. The molecule has 2 heterocycles. The van der Waals surface area contributed by atoms with Gasteiger partial charge < -0.3 is 4.57 Å². The molecule has 0 fully saturated rings. The van der Waals surface area contributed by atoms with Crippen LogP contribution in [0.25, 0.3) is 21.5 Å². The molecule has 0 N–H and O–H groups in total. The normalized spacial score (nSPS) is 11.8. The molecule has 92 valence electrons. The molecule has 0 radical (unpaired) electrons. The third-order valence-electron chi connectivity index (χ3n) is 3.22. The van der Waals surface area contributed by atoms with E-state index in [1.165, 1.54) is 0 Å². The fourth-order valence-electron chi connectivity index (χ4n) is 2.18. The van der Waals surface area contributed by atoms with Crippen LogP contribution in [0.3, 0.4) is 0 Å². The molecule has 0 aliphatic heterocycles. The van der Waals surface area contributed by atoms with E-state index in [1.807, 2.05) is 25.5 Å². The summed E-state index contributed by atoms with van der Waals surface area (Å²) in [4.78, 5) is 28.3. The summed E-state index contributed by atoms with van der Waals surface area (Å²) in [5, 5.41) is 0.952. The first kappa shape index (κ1) is 11.6. The molecule has 3 aromatic rings. The average molecular weight is 281 g/mol. The summed E-state index contributed by atoms with van der Waals surface area (Å²) in [7, 11) is 1.91. The van der Waals surface area contributed by atoms with Crippen molar-refractivity contribution in [2.45, 2.75) is 13.8 Å². The Labute approximate surface area is 111 Å². The summed E-state index contributed by atoms with van der Waals surface area (Å²) >= 11 is 7.42. The van der Waals surface area contributed by atoms with Gasteiger partial charge in [0.2, 0.25) is 10.9 Å². The fraction of sp³-hybridized carbons (Fsp3) is 0.250. The van der Waals surface area contributed by atoms with Gasteiger partial charge in [-0.1, -0.05) is 11.6 Å². The molecule has 0 aliphatic carbocycles. The number of nitrogens with zero attached hydrogens (tertiary/aromatic N) is 2. The molecule has 0 spiro atoms. The molecule has 0 atom stereocenters. The highest BCUT2D eigenvalue weighted by Gasteiger charge is 2.27. The summed E-state index contributed by atoms with van der Waals surface area (Å²) in [5.74, 6) is 0. The molecule has 2 aromatic heterocycles. The van der Waals surface area contributed by atoms with Crippen molar-refractivity contribution in [3.8, 4) is 11.1 Å². The largest absolute Gasteiger partial charge is 0.338 e. The van der Waals surface area contributed by atoms with Crippen molar-refractivity contribution < 1.29 is 0 Å². The Kier molecular flexibility index (Phi) is 2.27. The SMILES string of the molecule is Cc1nc2c(-c3c(Cl)c(=O)c3=O)c(C)n(C)c2s1. The number of hydrogen-bond donors (Lipinski definition) is 0. The van der Waals surface area contributed by atoms with Gasteiger partial charge in [0.15, 0.2) is 0 Å². The minimum absolute atomic E-state index is 0.0289. The van der Waals surface area contributed by atoms with Crippen LogP contribution in [0.15, 0.2) is 9.59 Å². The first-order valence-corrected chi connectivity index (χ1v) is 6.54. The molecule has 0 saturated carbocycles. The van der Waals surface area contributed by atoms with Crippen LogP contribution >= 0.6 is 22.9 Å². The molecule has 0 bridgehead atoms. The molecule has 0 aliphatic rings. The highest BCUT2D eigenvalue weighted by molar-refractivity contribution is 7.18. The minimum atomic E-state index is -0.602. The molecule has 3 rings (SSSR count). The van der Waals surface area contributed by atoms with Crippen molar-refractivity contribution in [1.82, 2.24) is 9.55 Å². The third-order valence-corrected chi connectivity index (χ3v) is 4.63. The van der Waals surface area contributed by atoms with E-state index in [0.717, 1.165) is 21.0 Å². The van der Waals surface area contributed by atoms with Gasteiger partial charge in [0.1, 0.15) is 15.4 Å². The van der Waals surface area contributed by atoms with E-state index in [1.54, 1.807) is 11.3 Å². The standard InChI is InChI=1S/C12H9ClN2O2S/c1-4-6(7-8(13)11(17)10(7)16)9-12(15(4)3)18-5(2)14-9/h1-3H3. The van der Waals surface area contributed by atoms with Gasteiger partial charge in [0.25, 0.3) is 0 Å². The Bertz CT molecular complexity index is 865. The van der Waals surface area contributed by atoms with Crippen molar-refractivity contribution >= 4 is 33.3 Å². The predicted octanol–water partition coefficient (Wildman–Crippen LogP) is 2.17. The molecule has 0 saturated heterocycles. The fourth-order valence-corrected chi connectivity index (χ4v) is 3.39. The van der Waals surface area contributed by atoms with E-state index in [9.17, 15) is 9.59 Å². The summed E-state index contributed by atoms with van der Waals surface area (Å²) in [6, 6.07) is 0. The number of rotatable bonds is 1. The maximum Gasteiger partial charge on any atom is 0.245 e. The van der Waals surface area contributed by atoms with Crippen LogP contribution in [-0.2, 0) is 7.05 Å². The van der Waals surface area contributed by atoms with E-state index in [-0.39, 0.29) is 5.02 Å². The first-order valence-electron chi connectivity index (χ1n) is 5.35. The minimum Gasteiger partial charge on any atom is -0.338 e. The second kappa shape index (κ2) is 3.52. The van der Waals surface area contributed by atoms with Gasteiger partial charge in [-0.15, -0.1) is 11.3 Å². The summed E-state index contributed by atoms with van der Waals surface area (Å²) in [5.41, 5.74) is 1.56. The van der Waals surface area contributed by atoms with Crippen molar-refractivity contribution in [2.75, 3.05) is 0 Å². The lowest BCUT2D eigenvalue weighted by molar-refractivity contribution is 0.926. The van der Waals surface area contributed by atoms with E-state index in [2.05, 4.69) is 4.98 Å². The number of aryl methyl sites for hydroxylation is 2. The smallest absolute Gasteiger partial charge is 0.245 e. The van der Waals surface area contributed by atoms with Gasteiger partial charge in [-0.2, -0.15) is 0 Å². The highest BCUT2D eigenvalue weighted by Crippen LogP contribution is 2.37. The van der Waals surface area contributed by atoms with Gasteiger partial charge in [0, 0.05) is 18.3 Å². The Morgan fingerprint density at radius 1 is 1.17 bits per heavy atom. The molecular weight excluding hydrogens is 272 g/mol. The van der Waals surface area contributed by atoms with E-state index in [4.69, 9.17) is 11.6 Å². The zero-order valence-electron chi connectivity index (χ0n) is 10.00. The van der Waals surface area contributed by atoms with Crippen LogP contribution in [0.1, 0.15) is 10.7 Å². The molecule has 0 amide bonds. The third kappa shape index (κ3) is 1.23. The van der Waals surface area contributed by atoms with Gasteiger partial charge in [-0.05, 0) is 13.8 Å². The Hall–Kier alpha value is -1.46. The Morgan fingerprint density at radius 3 is 2.44 bits per heavy atom. The van der Waals surface area contributed by atoms with Crippen molar-refractivity contribution in [2.24, 2.45) is 7.05 Å². The van der Waals surface area contributed by atoms with E-state index < -0.39 is 10.9 Å². The molecule has 0 unspecified atom stereocenters. The highest BCUT2D eigenvalue weighted by atomic mass is 35.5. The van der Waals surface area contributed by atoms with Crippen LogP contribution in [0, 0.1) is 13.8 Å². The van der Waals surface area contributed by atoms with E-state index >= 15 is 0 Å². The zero-order chi connectivity index (χ0) is 13.2. The van der Waals surface area contributed by atoms with Gasteiger partial charge in [-0.3, -0.25) is 9.59 Å². The first-order chi connectivity index (χ1) is 8.43. The second-order valence-electron chi connectivity index (χ2n) is 4.25. The number of aromatic nitrogens is 2. The topological polar surface area (TPSA) is 52.0 Å². The zero-order valence-corrected chi connectivity index (χ0v) is 11.6.